The van der Waals surface area contributed by atoms with Gasteiger partial charge in [-0.25, -0.2) is 13.7 Å². The van der Waals surface area contributed by atoms with Gasteiger partial charge >= 0.3 is 0 Å². The molecule has 0 atom stereocenters. The predicted molar refractivity (Wildman–Crippen MR) is 66.1 cm³/mol. The number of carbonyl (C=O) groups excluding carboxylic acids is 2. The highest BCUT2D eigenvalue weighted by molar-refractivity contribution is 6.33. The van der Waals surface area contributed by atoms with Crippen molar-refractivity contribution in [2.75, 3.05) is 10.6 Å². The number of nitrogens with two attached hydrogens (primary N) is 1. The molecule has 1 aromatic heterocycles. The Bertz CT molecular complexity index is 726. The molecular formula is C13H7F2N3O2. The first-order valence-electron chi connectivity index (χ1n) is 5.59. The lowest BCUT2D eigenvalue weighted by Crippen LogP contribution is -2.30. The second-order valence-electron chi connectivity index (χ2n) is 4.17. The second-order valence-corrected chi connectivity index (χ2v) is 4.17. The Morgan fingerprint density at radius 3 is 2.55 bits per heavy atom. The number of benzene rings is 1. The number of anilines is 2. The van der Waals surface area contributed by atoms with E-state index in [1.165, 1.54) is 18.3 Å². The quantitative estimate of drug-likeness (QED) is 0.635. The topological polar surface area (TPSA) is 76.3 Å². The Morgan fingerprint density at radius 2 is 1.85 bits per heavy atom. The number of carbonyl (C=O) groups is 2. The van der Waals surface area contributed by atoms with Gasteiger partial charge in [-0.3, -0.25) is 14.6 Å². The summed E-state index contributed by atoms with van der Waals surface area (Å²) in [6.45, 7) is 0. The number of pyridine rings is 1. The van der Waals surface area contributed by atoms with Gasteiger partial charge in [-0.15, -0.1) is 0 Å². The third-order valence-electron chi connectivity index (χ3n) is 2.95. The molecule has 0 fully saturated rings. The molecule has 2 aromatic rings. The van der Waals surface area contributed by atoms with E-state index in [9.17, 15) is 18.4 Å². The molecule has 0 spiro atoms. The molecule has 1 aliphatic heterocycles. The third kappa shape index (κ3) is 1.56. The average Bonchev–Trinajstić information content (AvgIpc) is 2.68. The lowest BCUT2D eigenvalue weighted by Gasteiger charge is -2.15. The molecule has 2 amide bonds. The summed E-state index contributed by atoms with van der Waals surface area (Å²) >= 11 is 0. The van der Waals surface area contributed by atoms with E-state index in [1.54, 1.807) is 0 Å². The van der Waals surface area contributed by atoms with Gasteiger partial charge in [0.25, 0.3) is 11.8 Å². The van der Waals surface area contributed by atoms with E-state index in [0.717, 1.165) is 6.07 Å². The van der Waals surface area contributed by atoms with E-state index < -0.39 is 29.1 Å². The van der Waals surface area contributed by atoms with Crippen LogP contribution in [0.5, 0.6) is 0 Å². The first-order valence-corrected chi connectivity index (χ1v) is 5.59. The summed E-state index contributed by atoms with van der Waals surface area (Å²) in [5.41, 5.74) is 4.60. The summed E-state index contributed by atoms with van der Waals surface area (Å²) in [4.78, 5) is 28.6. The molecule has 5 nitrogen and oxygen atoms in total. The fourth-order valence-corrected chi connectivity index (χ4v) is 2.01. The molecule has 0 aliphatic carbocycles. The zero-order chi connectivity index (χ0) is 14.4. The number of amides is 2. The standard InChI is InChI=1S/C13H7F2N3O2/c14-7-4-8(15)10(5-9(7)16)18-12(19)6-2-1-3-17-11(6)13(18)20/h1-5H,16H2. The highest BCUT2D eigenvalue weighted by Gasteiger charge is 2.39. The molecule has 0 saturated carbocycles. The van der Waals surface area contributed by atoms with Gasteiger partial charge in [0, 0.05) is 12.3 Å². The molecule has 0 unspecified atom stereocenters. The molecule has 0 saturated heterocycles. The van der Waals surface area contributed by atoms with E-state index in [2.05, 4.69) is 4.98 Å². The molecule has 0 radical (unpaired) electrons. The minimum absolute atomic E-state index is 0.0693. The van der Waals surface area contributed by atoms with Crippen LogP contribution in [0, 0.1) is 11.6 Å². The number of hydrogen-bond acceptors (Lipinski definition) is 4. The molecule has 7 heteroatoms. The summed E-state index contributed by atoms with van der Waals surface area (Å²) in [6.07, 6.45) is 1.35. The van der Waals surface area contributed by atoms with Crippen LogP contribution in [-0.2, 0) is 0 Å². The highest BCUT2D eigenvalue weighted by Crippen LogP contribution is 2.31. The zero-order valence-corrected chi connectivity index (χ0v) is 9.93. The number of nitrogen functional groups attached to an aromatic ring is 1. The molecule has 1 aromatic carbocycles. The summed E-state index contributed by atoms with van der Waals surface area (Å²) in [7, 11) is 0. The molecule has 100 valence electrons. The van der Waals surface area contributed by atoms with E-state index in [0.29, 0.717) is 11.0 Å². The van der Waals surface area contributed by atoms with Crippen LogP contribution in [0.25, 0.3) is 0 Å². The van der Waals surface area contributed by atoms with Crippen LogP contribution in [0.1, 0.15) is 20.8 Å². The molecule has 1 aliphatic rings. The largest absolute Gasteiger partial charge is 0.396 e. The predicted octanol–water partition coefficient (Wildman–Crippen LogP) is 1.74. The molecule has 2 heterocycles. The number of rotatable bonds is 1. The van der Waals surface area contributed by atoms with Crippen LogP contribution < -0.4 is 10.6 Å². The molecule has 2 N–H and O–H groups in total. The van der Waals surface area contributed by atoms with Crippen molar-refractivity contribution in [2.24, 2.45) is 0 Å². The van der Waals surface area contributed by atoms with Crippen molar-refractivity contribution in [1.82, 2.24) is 4.98 Å². The Labute approximate surface area is 111 Å². The van der Waals surface area contributed by atoms with Crippen molar-refractivity contribution in [3.8, 4) is 0 Å². The van der Waals surface area contributed by atoms with Crippen LogP contribution >= 0.6 is 0 Å². The minimum atomic E-state index is -1.05. The normalized spacial score (nSPS) is 13.8. The first-order chi connectivity index (χ1) is 9.50. The summed E-state index contributed by atoms with van der Waals surface area (Å²) < 4.78 is 26.9. The SMILES string of the molecule is Nc1cc(N2C(=O)c3cccnc3C2=O)c(F)cc1F. The Hall–Kier alpha value is -2.83. The van der Waals surface area contributed by atoms with E-state index in [4.69, 9.17) is 5.73 Å². The van der Waals surface area contributed by atoms with Gasteiger partial charge in [-0.05, 0) is 18.2 Å². The number of nitrogens with zero attached hydrogens (tertiary/aromatic N) is 2. The number of hydrogen-bond donors (Lipinski definition) is 1. The lowest BCUT2D eigenvalue weighted by atomic mass is 10.2. The van der Waals surface area contributed by atoms with Crippen molar-refractivity contribution in [3.63, 3.8) is 0 Å². The van der Waals surface area contributed by atoms with Crippen LogP contribution in [0.2, 0.25) is 0 Å². The van der Waals surface area contributed by atoms with Crippen molar-refractivity contribution in [2.45, 2.75) is 0 Å². The minimum Gasteiger partial charge on any atom is -0.396 e. The van der Waals surface area contributed by atoms with Crippen molar-refractivity contribution in [3.05, 3.63) is 53.4 Å². The lowest BCUT2D eigenvalue weighted by molar-refractivity contribution is 0.0923. The molecule has 3 rings (SSSR count). The van der Waals surface area contributed by atoms with Gasteiger partial charge in [0.1, 0.15) is 17.3 Å². The Balaban J connectivity index is 2.17. The summed E-state index contributed by atoms with van der Waals surface area (Å²) in [6, 6.07) is 4.34. The molecular weight excluding hydrogens is 268 g/mol. The fraction of sp³-hybridized carbons (Fsp3) is 0. The maximum absolute atomic E-state index is 13.8. The van der Waals surface area contributed by atoms with Gasteiger partial charge in [-0.2, -0.15) is 0 Å². The van der Waals surface area contributed by atoms with Crippen molar-refractivity contribution >= 4 is 23.2 Å². The Kier molecular flexibility index (Phi) is 2.50. The van der Waals surface area contributed by atoms with Crippen molar-refractivity contribution in [1.29, 1.82) is 0 Å². The van der Waals surface area contributed by atoms with E-state index in [-0.39, 0.29) is 16.9 Å². The van der Waals surface area contributed by atoms with Gasteiger partial charge in [0.05, 0.1) is 16.9 Å². The third-order valence-corrected chi connectivity index (χ3v) is 2.95. The van der Waals surface area contributed by atoms with Crippen LogP contribution in [-0.4, -0.2) is 16.8 Å². The van der Waals surface area contributed by atoms with Gasteiger partial charge in [0.2, 0.25) is 0 Å². The van der Waals surface area contributed by atoms with Gasteiger partial charge in [-0.1, -0.05) is 0 Å². The first kappa shape index (κ1) is 12.2. The van der Waals surface area contributed by atoms with Crippen LogP contribution in [0.4, 0.5) is 20.2 Å². The smallest absolute Gasteiger partial charge is 0.284 e. The molecule has 20 heavy (non-hydrogen) atoms. The number of imide groups is 1. The van der Waals surface area contributed by atoms with Gasteiger partial charge < -0.3 is 5.73 Å². The summed E-state index contributed by atoms with van der Waals surface area (Å²) in [5, 5.41) is 0. The van der Waals surface area contributed by atoms with Crippen LogP contribution in [0.15, 0.2) is 30.5 Å². The highest BCUT2D eigenvalue weighted by atomic mass is 19.1. The maximum Gasteiger partial charge on any atom is 0.284 e. The van der Waals surface area contributed by atoms with Gasteiger partial charge in [0.15, 0.2) is 0 Å². The maximum atomic E-state index is 13.8. The van der Waals surface area contributed by atoms with Crippen LogP contribution in [0.3, 0.4) is 0 Å². The zero-order valence-electron chi connectivity index (χ0n) is 9.93. The number of aromatic nitrogens is 1. The molecule has 0 bridgehead atoms. The Morgan fingerprint density at radius 1 is 1.10 bits per heavy atom. The number of halogens is 2. The van der Waals surface area contributed by atoms with Crippen molar-refractivity contribution < 1.29 is 18.4 Å². The second kappa shape index (κ2) is 4.09. The number of fused-ring (bicyclic) bond motifs is 1. The average molecular weight is 275 g/mol. The summed E-state index contributed by atoms with van der Waals surface area (Å²) in [5.74, 6) is -3.49. The fourth-order valence-electron chi connectivity index (χ4n) is 2.01. The van der Waals surface area contributed by atoms with E-state index in [1.807, 2.05) is 0 Å². The monoisotopic (exact) mass is 275 g/mol. The van der Waals surface area contributed by atoms with E-state index >= 15 is 0 Å².